The molecule has 0 aliphatic heterocycles. The summed E-state index contributed by atoms with van der Waals surface area (Å²) in [7, 11) is 0. The van der Waals surface area contributed by atoms with Crippen molar-refractivity contribution in [3.05, 3.63) is 42.5 Å². The Morgan fingerprint density at radius 3 is 2.85 bits per heavy atom. The number of nitrogens with zero attached hydrogens (tertiary/aromatic N) is 4. The Morgan fingerprint density at radius 2 is 2.19 bits per heavy atom. The molecule has 1 unspecified atom stereocenters. The molecule has 1 aromatic carbocycles. The van der Waals surface area contributed by atoms with Gasteiger partial charge in [-0.05, 0) is 26.0 Å². The Morgan fingerprint density at radius 1 is 1.46 bits per heavy atom. The average molecular weight is 388 g/mol. The fraction of sp³-hybridized carbons (Fsp3) is 0.333. The first-order chi connectivity index (χ1) is 12.5. The van der Waals surface area contributed by atoms with E-state index in [-0.39, 0.29) is 17.6 Å². The van der Waals surface area contributed by atoms with Gasteiger partial charge in [0.2, 0.25) is 11.0 Å². The molecule has 8 heteroatoms. The van der Waals surface area contributed by atoms with Gasteiger partial charge < -0.3 is 10.2 Å². The minimum atomic E-state index is -0.338. The van der Waals surface area contributed by atoms with Gasteiger partial charge in [-0.3, -0.25) is 4.79 Å². The first-order valence-electron chi connectivity index (χ1n) is 8.15. The van der Waals surface area contributed by atoms with Crippen molar-refractivity contribution in [2.45, 2.75) is 29.9 Å². The normalized spacial score (nSPS) is 11.4. The number of hydrogen-bond acceptors (Lipinski definition) is 7. The molecule has 1 atom stereocenters. The van der Waals surface area contributed by atoms with Gasteiger partial charge in [-0.1, -0.05) is 46.9 Å². The number of amides is 1. The van der Waals surface area contributed by atoms with E-state index in [0.29, 0.717) is 18.2 Å². The molecule has 0 radical (unpaired) electrons. The molecule has 136 valence electrons. The topological polar surface area (TPSA) is 81.9 Å². The highest BCUT2D eigenvalue weighted by Crippen LogP contribution is 2.30. The Kier molecular flexibility index (Phi) is 7.63. The lowest BCUT2D eigenvalue weighted by molar-refractivity contribution is -0.117. The molecule has 0 bridgehead atoms. The zero-order chi connectivity index (χ0) is 18.9. The van der Waals surface area contributed by atoms with Crippen LogP contribution in [0.4, 0.5) is 10.8 Å². The molecule has 0 aliphatic rings. The minimum absolute atomic E-state index is 0.0510. The molecule has 1 N–H and O–H groups in total. The Balaban J connectivity index is 2.08. The molecule has 2 aromatic rings. The van der Waals surface area contributed by atoms with Crippen LogP contribution >= 0.6 is 23.1 Å². The molecule has 1 heterocycles. The zero-order valence-electron chi connectivity index (χ0n) is 14.8. The summed E-state index contributed by atoms with van der Waals surface area (Å²) in [5.74, 6) is -0.0510. The lowest BCUT2D eigenvalue weighted by Crippen LogP contribution is -2.37. The zero-order valence-corrected chi connectivity index (χ0v) is 16.4. The Labute approximate surface area is 161 Å². The standard InChI is InChI=1S/C18H21N5OS2/c1-4-11-20-17-21-22-18(26-17)25-14(3)16(24)23(12-5-10-19)15-8-6-13(2)7-9-15/h4,6-9,14H,1,5,11-12H2,2-3H3,(H,20,21). The van der Waals surface area contributed by atoms with E-state index in [1.54, 1.807) is 11.0 Å². The van der Waals surface area contributed by atoms with Crippen LogP contribution in [-0.4, -0.2) is 34.4 Å². The van der Waals surface area contributed by atoms with Crippen molar-refractivity contribution in [1.29, 1.82) is 5.26 Å². The highest BCUT2D eigenvalue weighted by Gasteiger charge is 2.24. The first-order valence-corrected chi connectivity index (χ1v) is 9.84. The fourth-order valence-corrected chi connectivity index (χ4v) is 4.13. The molecule has 0 saturated heterocycles. The third-order valence-corrected chi connectivity index (χ3v) is 5.54. The predicted molar refractivity (Wildman–Crippen MR) is 108 cm³/mol. The first kappa shape index (κ1) is 19.9. The van der Waals surface area contributed by atoms with Crippen LogP contribution in [0.1, 0.15) is 18.9 Å². The number of rotatable bonds is 9. The monoisotopic (exact) mass is 387 g/mol. The summed E-state index contributed by atoms with van der Waals surface area (Å²) >= 11 is 2.78. The van der Waals surface area contributed by atoms with E-state index in [0.717, 1.165) is 15.6 Å². The van der Waals surface area contributed by atoms with Gasteiger partial charge in [0.1, 0.15) is 0 Å². The van der Waals surface area contributed by atoms with Gasteiger partial charge in [0, 0.05) is 18.8 Å². The minimum Gasteiger partial charge on any atom is -0.357 e. The predicted octanol–water partition coefficient (Wildman–Crippen LogP) is 3.87. The third-order valence-electron chi connectivity index (χ3n) is 3.49. The summed E-state index contributed by atoms with van der Waals surface area (Å²) in [6.45, 7) is 8.47. The number of nitriles is 1. The summed E-state index contributed by atoms with van der Waals surface area (Å²) in [5.41, 5.74) is 1.92. The number of nitrogens with one attached hydrogen (secondary N) is 1. The van der Waals surface area contributed by atoms with Crippen LogP contribution in [0.3, 0.4) is 0 Å². The smallest absolute Gasteiger partial charge is 0.240 e. The van der Waals surface area contributed by atoms with Crippen LogP contribution in [0.25, 0.3) is 0 Å². The molecule has 1 amide bonds. The average Bonchev–Trinajstić information content (AvgIpc) is 3.08. The fourth-order valence-electron chi connectivity index (χ4n) is 2.16. The van der Waals surface area contributed by atoms with Gasteiger partial charge in [-0.25, -0.2) is 0 Å². The summed E-state index contributed by atoms with van der Waals surface area (Å²) in [4.78, 5) is 14.6. The van der Waals surface area contributed by atoms with Gasteiger partial charge in [0.05, 0.1) is 17.7 Å². The molecule has 0 fully saturated rings. The molecule has 0 saturated carbocycles. The summed E-state index contributed by atoms with van der Waals surface area (Å²) < 4.78 is 0.724. The molecule has 6 nitrogen and oxygen atoms in total. The van der Waals surface area contributed by atoms with E-state index in [1.807, 2.05) is 38.1 Å². The maximum absolute atomic E-state index is 12.9. The summed E-state index contributed by atoms with van der Waals surface area (Å²) in [5, 5.41) is 20.5. The van der Waals surface area contributed by atoms with Gasteiger partial charge in [-0.2, -0.15) is 5.26 Å². The van der Waals surface area contributed by atoms with Crippen LogP contribution in [0, 0.1) is 18.3 Å². The van der Waals surface area contributed by atoms with Crippen LogP contribution < -0.4 is 10.2 Å². The van der Waals surface area contributed by atoms with Crippen LogP contribution in [0.5, 0.6) is 0 Å². The molecule has 2 rings (SSSR count). The van der Waals surface area contributed by atoms with E-state index in [4.69, 9.17) is 5.26 Å². The van der Waals surface area contributed by atoms with Gasteiger partial charge in [0.15, 0.2) is 4.34 Å². The molecule has 1 aromatic heterocycles. The molecule has 0 spiro atoms. The van der Waals surface area contributed by atoms with Crippen LogP contribution in [0.15, 0.2) is 41.3 Å². The van der Waals surface area contributed by atoms with Crippen LogP contribution in [-0.2, 0) is 4.79 Å². The lowest BCUT2D eigenvalue weighted by Gasteiger charge is -2.24. The number of carbonyl (C=O) groups is 1. The van der Waals surface area contributed by atoms with Crippen molar-refractivity contribution in [1.82, 2.24) is 10.2 Å². The van der Waals surface area contributed by atoms with E-state index in [1.165, 1.54) is 23.1 Å². The Hall–Kier alpha value is -2.37. The second-order valence-electron chi connectivity index (χ2n) is 5.54. The van der Waals surface area contributed by atoms with E-state index < -0.39 is 0 Å². The maximum atomic E-state index is 12.9. The van der Waals surface area contributed by atoms with E-state index in [9.17, 15) is 4.79 Å². The number of aromatic nitrogens is 2. The molecule has 26 heavy (non-hydrogen) atoms. The summed E-state index contributed by atoms with van der Waals surface area (Å²) in [6, 6.07) is 9.84. The molecular formula is C18H21N5OS2. The molecular weight excluding hydrogens is 366 g/mol. The number of aryl methyl sites for hydroxylation is 1. The maximum Gasteiger partial charge on any atom is 0.240 e. The van der Waals surface area contributed by atoms with Crippen molar-refractivity contribution >= 4 is 39.8 Å². The van der Waals surface area contributed by atoms with Crippen molar-refractivity contribution in [2.24, 2.45) is 0 Å². The van der Waals surface area contributed by atoms with Crippen molar-refractivity contribution in [2.75, 3.05) is 23.3 Å². The number of anilines is 2. The van der Waals surface area contributed by atoms with E-state index in [2.05, 4.69) is 28.2 Å². The number of thioether (sulfide) groups is 1. The van der Waals surface area contributed by atoms with Crippen molar-refractivity contribution in [3.8, 4) is 6.07 Å². The van der Waals surface area contributed by atoms with Crippen LogP contribution in [0.2, 0.25) is 0 Å². The van der Waals surface area contributed by atoms with Crippen molar-refractivity contribution in [3.63, 3.8) is 0 Å². The SMILES string of the molecule is C=CCNc1nnc(SC(C)C(=O)N(CCC#N)c2ccc(C)cc2)s1. The number of benzene rings is 1. The highest BCUT2D eigenvalue weighted by atomic mass is 32.2. The highest BCUT2D eigenvalue weighted by molar-refractivity contribution is 8.02. The lowest BCUT2D eigenvalue weighted by atomic mass is 10.2. The largest absolute Gasteiger partial charge is 0.357 e. The van der Waals surface area contributed by atoms with E-state index >= 15 is 0 Å². The number of carbonyl (C=O) groups excluding carboxylic acids is 1. The van der Waals surface area contributed by atoms with Gasteiger partial charge in [0.25, 0.3) is 0 Å². The molecule has 0 aliphatic carbocycles. The van der Waals surface area contributed by atoms with Crippen molar-refractivity contribution < 1.29 is 4.79 Å². The van der Waals surface area contributed by atoms with Gasteiger partial charge in [-0.15, -0.1) is 16.8 Å². The quantitative estimate of drug-likeness (QED) is 0.519. The third kappa shape index (κ3) is 5.58. The Bertz CT molecular complexity index is 782. The second kappa shape index (κ2) is 9.94. The summed E-state index contributed by atoms with van der Waals surface area (Å²) in [6.07, 6.45) is 2.03. The second-order valence-corrected chi connectivity index (χ2v) is 8.10. The number of hydrogen-bond donors (Lipinski definition) is 1. The van der Waals surface area contributed by atoms with Gasteiger partial charge >= 0.3 is 0 Å².